The van der Waals surface area contributed by atoms with Crippen LogP contribution in [0, 0.1) is 0 Å². The highest BCUT2D eigenvalue weighted by Gasteiger charge is 2.27. The maximum Gasteiger partial charge on any atom is 0.331 e. The van der Waals surface area contributed by atoms with E-state index in [1.54, 1.807) is 18.0 Å². The highest BCUT2D eigenvalue weighted by atomic mass is 79.9. The molecule has 2 aromatic carbocycles. The van der Waals surface area contributed by atoms with E-state index >= 15 is 0 Å². The van der Waals surface area contributed by atoms with Crippen LogP contribution in [-0.2, 0) is 0 Å². The minimum absolute atomic E-state index is 0.0622. The third-order valence-corrected chi connectivity index (χ3v) is 7.01. The molecule has 9 heteroatoms. The smallest absolute Gasteiger partial charge is 0.331 e. The zero-order chi connectivity index (χ0) is 21.1. The lowest BCUT2D eigenvalue weighted by molar-refractivity contribution is 0.223. The van der Waals surface area contributed by atoms with Gasteiger partial charge in [-0.25, -0.2) is 4.79 Å². The Morgan fingerprint density at radius 2 is 1.97 bits per heavy atom. The van der Waals surface area contributed by atoms with Gasteiger partial charge in [0, 0.05) is 45.0 Å². The predicted octanol–water partition coefficient (Wildman–Crippen LogP) is 5.46. The number of carbonyl (C=O) groups excluding carboxylic acids is 1. The molecule has 1 aliphatic rings. The summed E-state index contributed by atoms with van der Waals surface area (Å²) in [6.45, 7) is 1.59. The number of nitrogens with zero attached hydrogens (tertiary/aromatic N) is 4. The van der Waals surface area contributed by atoms with E-state index in [9.17, 15) is 4.79 Å². The third-order valence-electron chi connectivity index (χ3n) is 5.26. The van der Waals surface area contributed by atoms with E-state index in [1.165, 1.54) is 4.31 Å². The van der Waals surface area contributed by atoms with Crippen molar-refractivity contribution in [1.29, 1.82) is 0 Å². The van der Waals surface area contributed by atoms with Gasteiger partial charge in [0.25, 0.3) is 0 Å². The van der Waals surface area contributed by atoms with Crippen molar-refractivity contribution in [2.75, 3.05) is 29.6 Å². The SMILES string of the molecule is CSc1ccc(NC(=O)N(S)C2CCN(c3nncc4cc(Br)ccc34)CC2)cc1. The molecule has 0 spiro atoms. The fraction of sp³-hybridized carbons (Fsp3) is 0.286. The average molecular weight is 504 g/mol. The van der Waals surface area contributed by atoms with E-state index in [1.807, 2.05) is 42.7 Å². The predicted molar refractivity (Wildman–Crippen MR) is 131 cm³/mol. The number of rotatable bonds is 4. The van der Waals surface area contributed by atoms with Gasteiger partial charge in [-0.1, -0.05) is 28.7 Å². The largest absolute Gasteiger partial charge is 0.354 e. The molecule has 0 unspecified atom stereocenters. The van der Waals surface area contributed by atoms with Gasteiger partial charge in [-0.05, 0) is 61.6 Å². The molecule has 4 rings (SSSR count). The normalized spacial score (nSPS) is 14.7. The number of anilines is 2. The minimum atomic E-state index is -0.205. The van der Waals surface area contributed by atoms with Gasteiger partial charge < -0.3 is 10.2 Å². The summed E-state index contributed by atoms with van der Waals surface area (Å²) < 4.78 is 2.54. The van der Waals surface area contributed by atoms with Crippen LogP contribution in [0.15, 0.2) is 58.0 Å². The number of nitrogens with one attached hydrogen (secondary N) is 1. The van der Waals surface area contributed by atoms with Crippen molar-refractivity contribution in [1.82, 2.24) is 14.5 Å². The maximum atomic E-state index is 12.6. The lowest BCUT2D eigenvalue weighted by Crippen LogP contribution is -2.45. The Kier molecular flexibility index (Phi) is 6.70. The first-order valence-corrected chi connectivity index (χ1v) is 12.1. The van der Waals surface area contributed by atoms with Gasteiger partial charge in [0.2, 0.25) is 0 Å². The van der Waals surface area contributed by atoms with Crippen LogP contribution >= 0.6 is 40.5 Å². The summed E-state index contributed by atoms with van der Waals surface area (Å²) in [4.78, 5) is 16.0. The van der Waals surface area contributed by atoms with Crippen LogP contribution < -0.4 is 10.2 Å². The molecular weight excluding hydrogens is 482 g/mol. The number of halogens is 1. The number of amides is 2. The zero-order valence-corrected chi connectivity index (χ0v) is 19.8. The van der Waals surface area contributed by atoms with Crippen LogP contribution in [0.5, 0.6) is 0 Å². The van der Waals surface area contributed by atoms with E-state index in [4.69, 9.17) is 0 Å². The van der Waals surface area contributed by atoms with E-state index in [0.29, 0.717) is 0 Å². The van der Waals surface area contributed by atoms with Crippen molar-refractivity contribution in [3.8, 4) is 0 Å². The van der Waals surface area contributed by atoms with Crippen molar-refractivity contribution in [2.24, 2.45) is 0 Å². The van der Waals surface area contributed by atoms with E-state index in [2.05, 4.69) is 55.2 Å². The molecule has 0 bridgehead atoms. The maximum absolute atomic E-state index is 12.6. The second-order valence-corrected chi connectivity index (χ2v) is 9.35. The van der Waals surface area contributed by atoms with Crippen LogP contribution in [-0.4, -0.2) is 45.9 Å². The number of thiol groups is 1. The molecule has 1 saturated heterocycles. The number of piperidine rings is 1. The van der Waals surface area contributed by atoms with Crippen LogP contribution in [0.2, 0.25) is 0 Å². The van der Waals surface area contributed by atoms with Crippen molar-refractivity contribution in [2.45, 2.75) is 23.8 Å². The standard InChI is InChI=1S/C21H22BrN5OS2/c1-30-18-5-3-16(4-6-18)24-21(28)27(29)17-8-10-26(11-9-17)20-19-7-2-15(22)12-14(19)13-23-25-20/h2-7,12-13,17,29H,8-11H2,1H3,(H,24,28). The van der Waals surface area contributed by atoms with Gasteiger partial charge in [0.1, 0.15) is 0 Å². The molecule has 1 aromatic heterocycles. The van der Waals surface area contributed by atoms with Crippen LogP contribution in [0.1, 0.15) is 12.8 Å². The molecule has 156 valence electrons. The molecule has 0 radical (unpaired) electrons. The summed E-state index contributed by atoms with van der Waals surface area (Å²) in [5, 5.41) is 13.6. The van der Waals surface area contributed by atoms with Crippen molar-refractivity contribution >= 4 is 68.8 Å². The van der Waals surface area contributed by atoms with E-state index < -0.39 is 0 Å². The van der Waals surface area contributed by atoms with Gasteiger partial charge in [-0.3, -0.25) is 4.31 Å². The fourth-order valence-electron chi connectivity index (χ4n) is 3.62. The molecule has 6 nitrogen and oxygen atoms in total. The Hall–Kier alpha value is -1.97. The Morgan fingerprint density at radius 1 is 1.23 bits per heavy atom. The average Bonchev–Trinajstić information content (AvgIpc) is 2.78. The van der Waals surface area contributed by atoms with Gasteiger partial charge in [-0.2, -0.15) is 5.10 Å². The van der Waals surface area contributed by atoms with Crippen LogP contribution in [0.3, 0.4) is 0 Å². The molecule has 2 amide bonds. The van der Waals surface area contributed by atoms with Gasteiger partial charge in [0.05, 0.1) is 6.20 Å². The van der Waals surface area contributed by atoms with Crippen molar-refractivity contribution in [3.05, 3.63) is 53.1 Å². The first-order valence-electron chi connectivity index (χ1n) is 9.64. The Balaban J connectivity index is 1.38. The van der Waals surface area contributed by atoms with E-state index in [-0.39, 0.29) is 12.1 Å². The van der Waals surface area contributed by atoms with Gasteiger partial charge in [0.15, 0.2) is 5.82 Å². The van der Waals surface area contributed by atoms with Crippen molar-refractivity contribution in [3.63, 3.8) is 0 Å². The first kappa shape index (κ1) is 21.3. The zero-order valence-electron chi connectivity index (χ0n) is 16.5. The summed E-state index contributed by atoms with van der Waals surface area (Å²) >= 11 is 9.67. The second kappa shape index (κ2) is 9.45. The number of fused-ring (bicyclic) bond motifs is 1. The summed E-state index contributed by atoms with van der Waals surface area (Å²) in [5.41, 5.74) is 0.770. The van der Waals surface area contributed by atoms with Gasteiger partial charge >= 0.3 is 6.03 Å². The first-order chi connectivity index (χ1) is 14.5. The van der Waals surface area contributed by atoms with E-state index in [0.717, 1.165) is 57.6 Å². The molecule has 0 atom stereocenters. The number of benzene rings is 2. The number of thioether (sulfide) groups is 1. The fourth-order valence-corrected chi connectivity index (χ4v) is 4.69. The Morgan fingerprint density at radius 3 is 2.67 bits per heavy atom. The van der Waals surface area contributed by atoms with Crippen LogP contribution in [0.4, 0.5) is 16.3 Å². The molecule has 0 saturated carbocycles. The molecule has 1 N–H and O–H groups in total. The molecule has 30 heavy (non-hydrogen) atoms. The van der Waals surface area contributed by atoms with Crippen molar-refractivity contribution < 1.29 is 4.79 Å². The molecule has 1 fully saturated rings. The lowest BCUT2D eigenvalue weighted by atomic mass is 10.0. The molecule has 2 heterocycles. The van der Waals surface area contributed by atoms with Gasteiger partial charge in [-0.15, -0.1) is 16.9 Å². The molecule has 1 aliphatic heterocycles. The highest BCUT2D eigenvalue weighted by molar-refractivity contribution is 9.10. The Bertz CT molecular complexity index is 1040. The number of hydrogen-bond donors (Lipinski definition) is 2. The minimum Gasteiger partial charge on any atom is -0.354 e. The lowest BCUT2D eigenvalue weighted by Gasteiger charge is -2.36. The number of aromatic nitrogens is 2. The molecule has 3 aromatic rings. The Labute approximate surface area is 194 Å². The molecular formula is C21H22BrN5OS2. The quantitative estimate of drug-likeness (QED) is 0.365. The second-order valence-electron chi connectivity index (χ2n) is 7.12. The number of urea groups is 1. The summed E-state index contributed by atoms with van der Waals surface area (Å²) in [5.74, 6) is 0.891. The summed E-state index contributed by atoms with van der Waals surface area (Å²) in [6.07, 6.45) is 5.44. The number of hydrogen-bond acceptors (Lipinski definition) is 6. The van der Waals surface area contributed by atoms with Crippen LogP contribution in [0.25, 0.3) is 10.8 Å². The number of carbonyl (C=O) groups is 1. The summed E-state index contributed by atoms with van der Waals surface area (Å²) in [7, 11) is 0. The summed E-state index contributed by atoms with van der Waals surface area (Å²) in [6, 6.07) is 13.8. The third kappa shape index (κ3) is 4.68. The monoisotopic (exact) mass is 503 g/mol. The highest BCUT2D eigenvalue weighted by Crippen LogP contribution is 2.29. The topological polar surface area (TPSA) is 61.4 Å². The molecule has 0 aliphatic carbocycles.